The molecule has 1 aromatic heterocycles. The van der Waals surface area contributed by atoms with Crippen molar-refractivity contribution in [3.63, 3.8) is 0 Å². The van der Waals surface area contributed by atoms with Crippen LogP contribution in [0, 0.1) is 0 Å². The molecule has 0 bridgehead atoms. The summed E-state index contributed by atoms with van der Waals surface area (Å²) in [6, 6.07) is 3.27. The minimum absolute atomic E-state index is 0.0436. The number of rotatable bonds is 4. The van der Waals surface area contributed by atoms with Crippen LogP contribution in [-0.2, 0) is 20.7 Å². The first-order chi connectivity index (χ1) is 6.59. The number of hydrogen-bond donors (Lipinski definition) is 1. The predicted octanol–water partition coefficient (Wildman–Crippen LogP) is 0.838. The van der Waals surface area contributed by atoms with Crippen LogP contribution in [0.1, 0.15) is 12.7 Å². The van der Waals surface area contributed by atoms with Crippen LogP contribution in [0.15, 0.2) is 22.8 Å². The molecule has 1 N–H and O–H groups in total. The molecule has 1 atom stereocenters. The highest BCUT2D eigenvalue weighted by Crippen LogP contribution is 2.07. The zero-order valence-electron chi connectivity index (χ0n) is 7.60. The molecule has 0 fully saturated rings. The van der Waals surface area contributed by atoms with Gasteiger partial charge < -0.3 is 14.3 Å². The van der Waals surface area contributed by atoms with Crippen molar-refractivity contribution in [2.75, 3.05) is 0 Å². The fourth-order valence-corrected chi connectivity index (χ4v) is 0.991. The molecule has 14 heavy (non-hydrogen) atoms. The van der Waals surface area contributed by atoms with Crippen molar-refractivity contribution in [2.45, 2.75) is 19.4 Å². The Hall–Kier alpha value is -1.78. The average molecular weight is 198 g/mol. The molecule has 0 aliphatic heterocycles. The van der Waals surface area contributed by atoms with E-state index in [1.807, 2.05) is 0 Å². The van der Waals surface area contributed by atoms with E-state index in [2.05, 4.69) is 4.74 Å². The molecule has 76 valence electrons. The Bertz CT molecular complexity index is 314. The number of carboxylic acid groups (broad SMARTS) is 1. The van der Waals surface area contributed by atoms with Gasteiger partial charge in [-0.3, -0.25) is 4.79 Å². The zero-order chi connectivity index (χ0) is 10.6. The SMILES string of the molecule is CC(=O)O[C@H](Cc1ccco1)C(=O)O. The molecule has 5 heteroatoms. The highest BCUT2D eigenvalue weighted by atomic mass is 16.6. The number of esters is 1. The summed E-state index contributed by atoms with van der Waals surface area (Å²) in [6.45, 7) is 1.16. The number of ether oxygens (including phenoxy) is 1. The molecule has 0 unspecified atom stereocenters. The van der Waals surface area contributed by atoms with Gasteiger partial charge in [-0.05, 0) is 12.1 Å². The van der Waals surface area contributed by atoms with E-state index in [1.165, 1.54) is 6.26 Å². The number of aliphatic carboxylic acids is 1. The summed E-state index contributed by atoms with van der Waals surface area (Å²) in [6.07, 6.45) is 0.294. The second-order valence-electron chi connectivity index (χ2n) is 2.72. The number of furan rings is 1. The number of carboxylic acids is 1. The lowest BCUT2D eigenvalue weighted by Gasteiger charge is -2.10. The van der Waals surface area contributed by atoms with Gasteiger partial charge in [-0.15, -0.1) is 0 Å². The lowest BCUT2D eigenvalue weighted by atomic mass is 10.2. The number of hydrogen-bond acceptors (Lipinski definition) is 4. The molecule has 0 aromatic carbocycles. The van der Waals surface area contributed by atoms with Gasteiger partial charge in [0.25, 0.3) is 0 Å². The summed E-state index contributed by atoms with van der Waals surface area (Å²) < 4.78 is 9.53. The van der Waals surface area contributed by atoms with Crippen molar-refractivity contribution in [1.82, 2.24) is 0 Å². The van der Waals surface area contributed by atoms with Crippen LogP contribution >= 0.6 is 0 Å². The molecule has 0 radical (unpaired) electrons. The van der Waals surface area contributed by atoms with Crippen LogP contribution in [0.4, 0.5) is 0 Å². The largest absolute Gasteiger partial charge is 0.478 e. The fourth-order valence-electron chi connectivity index (χ4n) is 0.991. The van der Waals surface area contributed by atoms with Crippen molar-refractivity contribution in [3.05, 3.63) is 24.2 Å². The fraction of sp³-hybridized carbons (Fsp3) is 0.333. The first-order valence-corrected chi connectivity index (χ1v) is 4.02. The minimum Gasteiger partial charge on any atom is -0.478 e. The average Bonchev–Trinajstić information content (AvgIpc) is 2.54. The lowest BCUT2D eigenvalue weighted by Crippen LogP contribution is -2.28. The van der Waals surface area contributed by atoms with E-state index in [0.717, 1.165) is 6.92 Å². The Kier molecular flexibility index (Phi) is 3.28. The van der Waals surface area contributed by atoms with Crippen molar-refractivity contribution in [2.24, 2.45) is 0 Å². The summed E-state index contributed by atoms with van der Waals surface area (Å²) in [4.78, 5) is 21.2. The van der Waals surface area contributed by atoms with Gasteiger partial charge in [-0.2, -0.15) is 0 Å². The molecule has 0 aliphatic carbocycles. The van der Waals surface area contributed by atoms with E-state index in [9.17, 15) is 9.59 Å². The Balaban J connectivity index is 2.60. The third kappa shape index (κ3) is 2.93. The molecule has 1 rings (SSSR count). The quantitative estimate of drug-likeness (QED) is 0.725. The van der Waals surface area contributed by atoms with Crippen LogP contribution in [0.25, 0.3) is 0 Å². The summed E-state index contributed by atoms with van der Waals surface area (Å²) in [7, 11) is 0. The summed E-state index contributed by atoms with van der Waals surface area (Å²) in [5, 5.41) is 8.70. The van der Waals surface area contributed by atoms with Crippen molar-refractivity contribution >= 4 is 11.9 Å². The number of carbonyl (C=O) groups excluding carboxylic acids is 1. The van der Waals surface area contributed by atoms with Crippen LogP contribution in [0.5, 0.6) is 0 Å². The van der Waals surface area contributed by atoms with E-state index in [4.69, 9.17) is 9.52 Å². The maximum absolute atomic E-state index is 10.6. The van der Waals surface area contributed by atoms with Gasteiger partial charge in [-0.25, -0.2) is 4.79 Å². The normalized spacial score (nSPS) is 12.1. The standard InChI is InChI=1S/C9H10O5/c1-6(10)14-8(9(11)12)5-7-3-2-4-13-7/h2-4,8H,5H2,1H3,(H,11,12)/t8-/m1/s1. The Morgan fingerprint density at radius 3 is 2.79 bits per heavy atom. The van der Waals surface area contributed by atoms with Crippen molar-refractivity contribution in [1.29, 1.82) is 0 Å². The van der Waals surface area contributed by atoms with Gasteiger partial charge >= 0.3 is 11.9 Å². The summed E-state index contributed by atoms with van der Waals surface area (Å²) >= 11 is 0. The van der Waals surface area contributed by atoms with Crippen LogP contribution in [0.2, 0.25) is 0 Å². The monoisotopic (exact) mass is 198 g/mol. The van der Waals surface area contributed by atoms with Crippen LogP contribution in [-0.4, -0.2) is 23.1 Å². The first kappa shape index (κ1) is 10.3. The van der Waals surface area contributed by atoms with E-state index < -0.39 is 18.0 Å². The third-order valence-electron chi connectivity index (χ3n) is 1.55. The molecule has 0 aliphatic rings. The molecule has 5 nitrogen and oxygen atoms in total. The van der Waals surface area contributed by atoms with E-state index >= 15 is 0 Å². The van der Waals surface area contributed by atoms with Gasteiger partial charge in [-0.1, -0.05) is 0 Å². The van der Waals surface area contributed by atoms with Crippen LogP contribution < -0.4 is 0 Å². The highest BCUT2D eigenvalue weighted by molar-refractivity contribution is 5.77. The lowest BCUT2D eigenvalue weighted by molar-refractivity contribution is -0.162. The third-order valence-corrected chi connectivity index (χ3v) is 1.55. The summed E-state index contributed by atoms with van der Waals surface area (Å²) in [5.74, 6) is -1.33. The predicted molar refractivity (Wildman–Crippen MR) is 45.6 cm³/mol. The van der Waals surface area contributed by atoms with Crippen LogP contribution in [0.3, 0.4) is 0 Å². The van der Waals surface area contributed by atoms with Crippen molar-refractivity contribution < 1.29 is 23.8 Å². The smallest absolute Gasteiger partial charge is 0.345 e. The Morgan fingerprint density at radius 1 is 1.64 bits per heavy atom. The molecular weight excluding hydrogens is 188 g/mol. The van der Waals surface area contributed by atoms with Gasteiger partial charge in [0, 0.05) is 6.92 Å². The van der Waals surface area contributed by atoms with Gasteiger partial charge in [0.15, 0.2) is 0 Å². The second-order valence-corrected chi connectivity index (χ2v) is 2.72. The molecule has 0 saturated heterocycles. The maximum Gasteiger partial charge on any atom is 0.345 e. The second kappa shape index (κ2) is 4.45. The van der Waals surface area contributed by atoms with E-state index in [0.29, 0.717) is 5.76 Å². The zero-order valence-corrected chi connectivity index (χ0v) is 7.60. The number of carbonyl (C=O) groups is 2. The maximum atomic E-state index is 10.6. The van der Waals surface area contributed by atoms with Gasteiger partial charge in [0.2, 0.25) is 6.10 Å². The molecule has 0 spiro atoms. The highest BCUT2D eigenvalue weighted by Gasteiger charge is 2.22. The molecule has 0 saturated carbocycles. The Morgan fingerprint density at radius 2 is 2.36 bits per heavy atom. The van der Waals surface area contributed by atoms with Gasteiger partial charge in [0.1, 0.15) is 5.76 Å². The first-order valence-electron chi connectivity index (χ1n) is 4.02. The van der Waals surface area contributed by atoms with E-state index in [-0.39, 0.29) is 6.42 Å². The molecule has 0 amide bonds. The molecular formula is C9H10O5. The van der Waals surface area contributed by atoms with E-state index in [1.54, 1.807) is 12.1 Å². The molecule has 1 aromatic rings. The summed E-state index contributed by atoms with van der Waals surface area (Å²) in [5.41, 5.74) is 0. The topological polar surface area (TPSA) is 76.7 Å². The van der Waals surface area contributed by atoms with Gasteiger partial charge in [0.05, 0.1) is 12.7 Å². The minimum atomic E-state index is -1.18. The van der Waals surface area contributed by atoms with Crippen molar-refractivity contribution in [3.8, 4) is 0 Å². The molecule has 1 heterocycles. The Labute approximate surface area is 80.3 Å².